The Labute approximate surface area is 85.8 Å². The molecule has 1 aliphatic carbocycles. The molecule has 1 fully saturated rings. The topological polar surface area (TPSA) is 35.5 Å². The lowest BCUT2D eigenvalue weighted by molar-refractivity contribution is -0.160. The molecule has 0 amide bonds. The van der Waals surface area contributed by atoms with Crippen molar-refractivity contribution in [1.82, 2.24) is 0 Å². The van der Waals surface area contributed by atoms with E-state index in [1.807, 2.05) is 6.92 Å². The van der Waals surface area contributed by atoms with E-state index in [0.717, 1.165) is 12.8 Å². The Morgan fingerprint density at radius 1 is 1.36 bits per heavy atom. The van der Waals surface area contributed by atoms with Crippen molar-refractivity contribution in [2.75, 3.05) is 6.61 Å². The number of hydrogen-bond donors (Lipinski definition) is 0. The average molecular weight is 200 g/mol. The molecule has 0 radical (unpaired) electrons. The molecule has 0 saturated heterocycles. The zero-order chi connectivity index (χ0) is 10.4. The van der Waals surface area contributed by atoms with Crippen LogP contribution in [0, 0.1) is 0 Å². The van der Waals surface area contributed by atoms with Crippen LogP contribution < -0.4 is 0 Å². The zero-order valence-electron chi connectivity index (χ0n) is 9.12. The summed E-state index contributed by atoms with van der Waals surface area (Å²) >= 11 is 0. The minimum atomic E-state index is -0.405. The number of hydrogen-bond acceptors (Lipinski definition) is 3. The summed E-state index contributed by atoms with van der Waals surface area (Å²) in [6.45, 7) is 4.01. The molecule has 0 aliphatic heterocycles. The van der Waals surface area contributed by atoms with Gasteiger partial charge in [0, 0.05) is 0 Å². The molecule has 1 unspecified atom stereocenters. The van der Waals surface area contributed by atoms with Gasteiger partial charge in [-0.25, -0.2) is 4.79 Å². The number of rotatable bonds is 4. The molecule has 14 heavy (non-hydrogen) atoms. The van der Waals surface area contributed by atoms with Crippen LogP contribution in [-0.4, -0.2) is 24.8 Å². The van der Waals surface area contributed by atoms with E-state index in [1.54, 1.807) is 6.92 Å². The van der Waals surface area contributed by atoms with Crippen molar-refractivity contribution < 1.29 is 14.3 Å². The zero-order valence-corrected chi connectivity index (χ0v) is 9.12. The fourth-order valence-electron chi connectivity index (χ4n) is 1.81. The highest BCUT2D eigenvalue weighted by Gasteiger charge is 2.21. The highest BCUT2D eigenvalue weighted by atomic mass is 16.6. The molecule has 0 aromatic rings. The molecule has 3 heteroatoms. The molecule has 1 aliphatic rings. The second-order valence-electron chi connectivity index (χ2n) is 3.79. The Morgan fingerprint density at radius 2 is 2.00 bits per heavy atom. The first-order valence-corrected chi connectivity index (χ1v) is 5.56. The van der Waals surface area contributed by atoms with Crippen molar-refractivity contribution in [1.29, 1.82) is 0 Å². The largest absolute Gasteiger partial charge is 0.464 e. The molecular formula is C11H20O3. The smallest absolute Gasteiger partial charge is 0.334 e. The van der Waals surface area contributed by atoms with Crippen LogP contribution >= 0.6 is 0 Å². The molecule has 1 rings (SSSR count). The van der Waals surface area contributed by atoms with Gasteiger partial charge in [-0.3, -0.25) is 0 Å². The molecule has 3 nitrogen and oxygen atoms in total. The first kappa shape index (κ1) is 11.5. The number of esters is 1. The molecule has 0 bridgehead atoms. The third-order valence-electron chi connectivity index (χ3n) is 2.57. The quantitative estimate of drug-likeness (QED) is 0.653. The van der Waals surface area contributed by atoms with Crippen LogP contribution in [0.1, 0.15) is 46.0 Å². The third kappa shape index (κ3) is 3.66. The van der Waals surface area contributed by atoms with Gasteiger partial charge in [0.05, 0.1) is 12.7 Å². The monoisotopic (exact) mass is 200 g/mol. The molecule has 0 heterocycles. The summed E-state index contributed by atoms with van der Waals surface area (Å²) < 4.78 is 10.5. The molecular weight excluding hydrogens is 180 g/mol. The molecule has 82 valence electrons. The van der Waals surface area contributed by atoms with Crippen molar-refractivity contribution in [3.8, 4) is 0 Å². The number of carbonyl (C=O) groups is 1. The van der Waals surface area contributed by atoms with Crippen LogP contribution in [0.15, 0.2) is 0 Å². The van der Waals surface area contributed by atoms with Crippen molar-refractivity contribution in [3.05, 3.63) is 0 Å². The van der Waals surface area contributed by atoms with Crippen molar-refractivity contribution in [2.45, 2.75) is 58.2 Å². The first-order chi connectivity index (χ1) is 6.74. The van der Waals surface area contributed by atoms with E-state index in [2.05, 4.69) is 0 Å². The Morgan fingerprint density at radius 3 is 2.57 bits per heavy atom. The van der Waals surface area contributed by atoms with Crippen LogP contribution in [0.4, 0.5) is 0 Å². The first-order valence-electron chi connectivity index (χ1n) is 5.56. The van der Waals surface area contributed by atoms with Gasteiger partial charge in [0.15, 0.2) is 6.10 Å². The van der Waals surface area contributed by atoms with Crippen LogP contribution in [-0.2, 0) is 14.3 Å². The summed E-state index contributed by atoms with van der Waals surface area (Å²) in [5.41, 5.74) is 0. The van der Waals surface area contributed by atoms with Crippen molar-refractivity contribution in [2.24, 2.45) is 0 Å². The summed E-state index contributed by atoms with van der Waals surface area (Å²) in [6.07, 6.45) is 5.78. The summed E-state index contributed by atoms with van der Waals surface area (Å²) in [6, 6.07) is 0. The second kappa shape index (κ2) is 6.02. The number of ether oxygens (including phenoxy) is 2. The standard InChI is InChI=1S/C11H20O3/c1-3-13-11(12)9(2)14-10-7-5-4-6-8-10/h9-10H,3-8H2,1-2H3. The Hall–Kier alpha value is -0.570. The Bertz CT molecular complexity index is 173. The number of carbonyl (C=O) groups excluding carboxylic acids is 1. The summed E-state index contributed by atoms with van der Waals surface area (Å²) in [5, 5.41) is 0. The Balaban J connectivity index is 2.24. The highest BCUT2D eigenvalue weighted by Crippen LogP contribution is 2.21. The summed E-state index contributed by atoms with van der Waals surface area (Å²) in [7, 11) is 0. The normalized spacial score (nSPS) is 20.4. The summed E-state index contributed by atoms with van der Waals surface area (Å²) in [5.74, 6) is -0.238. The fourth-order valence-corrected chi connectivity index (χ4v) is 1.81. The third-order valence-corrected chi connectivity index (χ3v) is 2.57. The lowest BCUT2D eigenvalue weighted by Crippen LogP contribution is -2.29. The van der Waals surface area contributed by atoms with Crippen LogP contribution in [0.2, 0.25) is 0 Å². The predicted molar refractivity (Wildman–Crippen MR) is 54.1 cm³/mol. The van der Waals surface area contributed by atoms with Gasteiger partial charge in [-0.05, 0) is 26.7 Å². The van der Waals surface area contributed by atoms with Gasteiger partial charge in [-0.2, -0.15) is 0 Å². The maximum atomic E-state index is 11.3. The highest BCUT2D eigenvalue weighted by molar-refractivity contribution is 5.74. The van der Waals surface area contributed by atoms with Crippen LogP contribution in [0.3, 0.4) is 0 Å². The maximum Gasteiger partial charge on any atom is 0.334 e. The second-order valence-corrected chi connectivity index (χ2v) is 3.79. The lowest BCUT2D eigenvalue weighted by Gasteiger charge is -2.24. The minimum absolute atomic E-state index is 0.238. The molecule has 1 saturated carbocycles. The molecule has 1 atom stereocenters. The van der Waals surface area contributed by atoms with Gasteiger partial charge in [-0.1, -0.05) is 19.3 Å². The molecule has 0 spiro atoms. The van der Waals surface area contributed by atoms with Crippen molar-refractivity contribution >= 4 is 5.97 Å². The van der Waals surface area contributed by atoms with E-state index in [1.165, 1.54) is 19.3 Å². The van der Waals surface area contributed by atoms with Crippen LogP contribution in [0.25, 0.3) is 0 Å². The molecule has 0 aromatic heterocycles. The van der Waals surface area contributed by atoms with E-state index in [9.17, 15) is 4.79 Å². The van der Waals surface area contributed by atoms with Gasteiger partial charge in [0.2, 0.25) is 0 Å². The molecule has 0 aromatic carbocycles. The Kier molecular flexibility index (Phi) is 4.94. The van der Waals surface area contributed by atoms with Crippen molar-refractivity contribution in [3.63, 3.8) is 0 Å². The maximum absolute atomic E-state index is 11.3. The van der Waals surface area contributed by atoms with Gasteiger partial charge < -0.3 is 9.47 Å². The van der Waals surface area contributed by atoms with E-state index in [4.69, 9.17) is 9.47 Å². The average Bonchev–Trinajstić information content (AvgIpc) is 2.19. The van der Waals surface area contributed by atoms with E-state index >= 15 is 0 Å². The SMILES string of the molecule is CCOC(=O)C(C)OC1CCCCC1. The lowest BCUT2D eigenvalue weighted by atomic mass is 9.98. The predicted octanol–water partition coefficient (Wildman–Crippen LogP) is 2.29. The van der Waals surface area contributed by atoms with Gasteiger partial charge in [0.1, 0.15) is 0 Å². The van der Waals surface area contributed by atoms with E-state index in [-0.39, 0.29) is 12.1 Å². The van der Waals surface area contributed by atoms with Gasteiger partial charge in [-0.15, -0.1) is 0 Å². The van der Waals surface area contributed by atoms with Gasteiger partial charge in [0.25, 0.3) is 0 Å². The summed E-state index contributed by atoms with van der Waals surface area (Å²) in [4.78, 5) is 11.3. The minimum Gasteiger partial charge on any atom is -0.464 e. The van der Waals surface area contributed by atoms with Crippen LogP contribution in [0.5, 0.6) is 0 Å². The van der Waals surface area contributed by atoms with E-state index in [0.29, 0.717) is 6.61 Å². The fraction of sp³-hybridized carbons (Fsp3) is 0.909. The van der Waals surface area contributed by atoms with Gasteiger partial charge >= 0.3 is 5.97 Å². The van der Waals surface area contributed by atoms with E-state index < -0.39 is 6.10 Å². The molecule has 0 N–H and O–H groups in total.